The van der Waals surface area contributed by atoms with Crippen LogP contribution >= 0.6 is 39.9 Å². The molecular formula is C12H18BrN3S2. The van der Waals surface area contributed by atoms with Crippen LogP contribution in [0.25, 0.3) is 0 Å². The van der Waals surface area contributed by atoms with E-state index in [4.69, 9.17) is 12.2 Å². The summed E-state index contributed by atoms with van der Waals surface area (Å²) >= 11 is 10.9. The number of hydrogen-bond donors (Lipinski definition) is 1. The van der Waals surface area contributed by atoms with Crippen LogP contribution in [0.2, 0.25) is 0 Å². The van der Waals surface area contributed by atoms with Crippen LogP contribution in [0.5, 0.6) is 0 Å². The van der Waals surface area contributed by atoms with Gasteiger partial charge in [-0.05, 0) is 29.4 Å². The van der Waals surface area contributed by atoms with E-state index in [1.54, 1.807) is 0 Å². The van der Waals surface area contributed by atoms with Crippen molar-refractivity contribution in [3.05, 3.63) is 20.6 Å². The predicted octanol–water partition coefficient (Wildman–Crippen LogP) is 3.57. The van der Waals surface area contributed by atoms with E-state index in [9.17, 15) is 0 Å². The van der Waals surface area contributed by atoms with Gasteiger partial charge in [-0.1, -0.05) is 25.6 Å². The van der Waals surface area contributed by atoms with Gasteiger partial charge in [-0.15, -0.1) is 0 Å². The highest BCUT2D eigenvalue weighted by Gasteiger charge is 2.23. The fourth-order valence-corrected chi connectivity index (χ4v) is 3.91. The number of rotatable bonds is 3. The maximum absolute atomic E-state index is 5.35. The van der Waals surface area contributed by atoms with E-state index >= 15 is 0 Å². The Morgan fingerprint density at radius 2 is 2.39 bits per heavy atom. The molecule has 1 aromatic rings. The van der Waals surface area contributed by atoms with Crippen LogP contribution in [0.3, 0.4) is 0 Å². The van der Waals surface area contributed by atoms with Crippen LogP contribution < -0.4 is 0 Å². The highest BCUT2D eigenvalue weighted by molar-refractivity contribution is 9.10. The fourth-order valence-electron chi connectivity index (χ4n) is 2.08. The van der Waals surface area contributed by atoms with Crippen molar-refractivity contribution in [2.75, 3.05) is 25.1 Å². The lowest BCUT2D eigenvalue weighted by atomic mass is 10.2. The third-order valence-electron chi connectivity index (χ3n) is 3.17. The molecule has 3 nitrogen and oxygen atoms in total. The van der Waals surface area contributed by atoms with Gasteiger partial charge in [-0.3, -0.25) is 4.90 Å². The van der Waals surface area contributed by atoms with Gasteiger partial charge in [0, 0.05) is 23.7 Å². The molecular weight excluding hydrogens is 330 g/mol. The Balaban J connectivity index is 2.35. The Kier molecular flexibility index (Phi) is 5.24. The summed E-state index contributed by atoms with van der Waals surface area (Å²) in [7, 11) is 2.16. The summed E-state index contributed by atoms with van der Waals surface area (Å²) in [4.78, 5) is 10.4. The number of H-pyrrole nitrogens is 1. The van der Waals surface area contributed by atoms with Gasteiger partial charge in [0.1, 0.15) is 10.5 Å². The van der Waals surface area contributed by atoms with Crippen molar-refractivity contribution < 1.29 is 0 Å². The molecule has 1 N–H and O–H groups in total. The van der Waals surface area contributed by atoms with Gasteiger partial charge in [-0.25, -0.2) is 4.98 Å². The molecule has 0 saturated carbocycles. The third kappa shape index (κ3) is 3.15. The second-order valence-electron chi connectivity index (χ2n) is 4.54. The second-order valence-corrected chi connectivity index (χ2v) is 6.87. The molecule has 0 spiro atoms. The van der Waals surface area contributed by atoms with Crippen molar-refractivity contribution in [2.45, 2.75) is 25.8 Å². The first-order chi connectivity index (χ1) is 8.63. The molecule has 2 rings (SSSR count). The van der Waals surface area contributed by atoms with Gasteiger partial charge in [0.25, 0.3) is 0 Å². The molecule has 0 radical (unpaired) electrons. The van der Waals surface area contributed by atoms with Gasteiger partial charge in [0.05, 0.1) is 10.5 Å². The maximum atomic E-state index is 5.35. The normalized spacial score (nSPS) is 21.2. The average Bonchev–Trinajstić information content (AvgIpc) is 2.35. The molecule has 1 aromatic heterocycles. The number of thioether (sulfide) groups is 1. The topological polar surface area (TPSA) is 31.9 Å². The van der Waals surface area contributed by atoms with Crippen molar-refractivity contribution in [3.8, 4) is 0 Å². The Morgan fingerprint density at radius 1 is 1.61 bits per heavy atom. The van der Waals surface area contributed by atoms with Crippen molar-refractivity contribution in [1.82, 2.24) is 14.9 Å². The van der Waals surface area contributed by atoms with Gasteiger partial charge in [-0.2, -0.15) is 11.8 Å². The molecule has 1 unspecified atom stereocenters. The molecule has 1 aliphatic heterocycles. The van der Waals surface area contributed by atoms with Crippen molar-refractivity contribution in [3.63, 3.8) is 0 Å². The number of nitrogens with zero attached hydrogens (tertiary/aromatic N) is 2. The lowest BCUT2D eigenvalue weighted by Gasteiger charge is -2.31. The van der Waals surface area contributed by atoms with E-state index in [1.807, 2.05) is 11.8 Å². The van der Waals surface area contributed by atoms with Crippen LogP contribution in [-0.2, 0) is 6.42 Å². The largest absolute Gasteiger partial charge is 0.345 e. The summed E-state index contributed by atoms with van der Waals surface area (Å²) in [6, 6.07) is 0.356. The minimum Gasteiger partial charge on any atom is -0.345 e. The number of halogens is 1. The molecule has 0 amide bonds. The zero-order valence-electron chi connectivity index (χ0n) is 10.7. The van der Waals surface area contributed by atoms with Gasteiger partial charge in [0.15, 0.2) is 0 Å². The smallest absolute Gasteiger partial charge is 0.144 e. The van der Waals surface area contributed by atoms with Crippen LogP contribution in [0.1, 0.15) is 30.9 Å². The van der Waals surface area contributed by atoms with E-state index in [0.717, 1.165) is 35.4 Å². The third-order valence-corrected chi connectivity index (χ3v) is 5.60. The zero-order chi connectivity index (χ0) is 13.1. The minimum atomic E-state index is 0.356. The first kappa shape index (κ1) is 14.5. The Morgan fingerprint density at radius 3 is 3.06 bits per heavy atom. The molecule has 1 aliphatic rings. The molecule has 100 valence electrons. The molecule has 2 heterocycles. The van der Waals surface area contributed by atoms with E-state index in [0.29, 0.717) is 10.7 Å². The lowest BCUT2D eigenvalue weighted by molar-refractivity contribution is 0.264. The molecule has 0 aliphatic carbocycles. The molecule has 6 heteroatoms. The molecule has 0 bridgehead atoms. The summed E-state index contributed by atoms with van der Waals surface area (Å²) in [5.41, 5.74) is 1.18. The summed E-state index contributed by atoms with van der Waals surface area (Å²) in [6.07, 6.45) is 2.10. The summed E-state index contributed by atoms with van der Waals surface area (Å²) in [5, 5.41) is 0. The van der Waals surface area contributed by atoms with Gasteiger partial charge < -0.3 is 4.98 Å². The predicted molar refractivity (Wildman–Crippen MR) is 83.8 cm³/mol. The van der Waals surface area contributed by atoms with Crippen molar-refractivity contribution >= 4 is 39.9 Å². The van der Waals surface area contributed by atoms with Crippen LogP contribution in [0.4, 0.5) is 0 Å². The average molecular weight is 348 g/mol. The van der Waals surface area contributed by atoms with Crippen LogP contribution in [-0.4, -0.2) is 40.0 Å². The molecule has 1 saturated heterocycles. The SMILES string of the molecule is CCCc1[nH]c(C2CSCCN2C)nc(=S)c1Br. The minimum absolute atomic E-state index is 0.356. The van der Waals surface area contributed by atoms with E-state index in [2.05, 4.69) is 44.8 Å². The van der Waals surface area contributed by atoms with Crippen molar-refractivity contribution in [1.29, 1.82) is 0 Å². The first-order valence-electron chi connectivity index (χ1n) is 6.20. The Hall–Kier alpha value is 0.0900. The number of aryl methyl sites for hydroxylation is 1. The Labute approximate surface area is 126 Å². The van der Waals surface area contributed by atoms with Crippen LogP contribution in [0.15, 0.2) is 4.47 Å². The second kappa shape index (κ2) is 6.50. The highest BCUT2D eigenvalue weighted by atomic mass is 79.9. The molecule has 18 heavy (non-hydrogen) atoms. The number of aromatic amines is 1. The van der Waals surface area contributed by atoms with Crippen LogP contribution in [0, 0.1) is 4.64 Å². The number of nitrogens with one attached hydrogen (secondary N) is 1. The number of hydrogen-bond acceptors (Lipinski definition) is 4. The van der Waals surface area contributed by atoms with E-state index in [1.165, 1.54) is 11.4 Å². The summed E-state index contributed by atoms with van der Waals surface area (Å²) in [6.45, 7) is 3.28. The quantitative estimate of drug-likeness (QED) is 0.847. The van der Waals surface area contributed by atoms with Crippen molar-refractivity contribution in [2.24, 2.45) is 0 Å². The maximum Gasteiger partial charge on any atom is 0.144 e. The zero-order valence-corrected chi connectivity index (χ0v) is 13.9. The molecule has 1 atom stereocenters. The summed E-state index contributed by atoms with van der Waals surface area (Å²) in [5.74, 6) is 3.30. The van der Waals surface area contributed by atoms with Gasteiger partial charge >= 0.3 is 0 Å². The standard InChI is InChI=1S/C12H18BrN3S2/c1-3-4-8-10(13)12(17)15-11(14-8)9-7-18-6-5-16(9)2/h9H,3-7H2,1-2H3,(H,14,15,17). The number of aromatic nitrogens is 2. The monoisotopic (exact) mass is 347 g/mol. The highest BCUT2D eigenvalue weighted by Crippen LogP contribution is 2.27. The van der Waals surface area contributed by atoms with Gasteiger partial charge in [0.2, 0.25) is 0 Å². The summed E-state index contributed by atoms with van der Waals surface area (Å²) < 4.78 is 1.63. The Bertz CT molecular complexity index is 475. The van der Waals surface area contributed by atoms with E-state index in [-0.39, 0.29) is 0 Å². The molecule has 1 fully saturated rings. The fraction of sp³-hybridized carbons (Fsp3) is 0.667. The van der Waals surface area contributed by atoms with E-state index < -0.39 is 0 Å². The molecule has 0 aromatic carbocycles. The lowest BCUT2D eigenvalue weighted by Crippen LogP contribution is -2.34. The first-order valence-corrected chi connectivity index (χ1v) is 8.55.